The lowest BCUT2D eigenvalue weighted by molar-refractivity contribution is -0.140. The molecular formula is C9H14O5. The number of hydrogen-bond acceptors (Lipinski definition) is 3. The van der Waals surface area contributed by atoms with Gasteiger partial charge in [-0.15, -0.1) is 0 Å². The Bertz CT molecular complexity index is 228. The zero-order valence-corrected chi connectivity index (χ0v) is 8.19. The Labute approximate surface area is 82.0 Å². The maximum Gasteiger partial charge on any atom is 0.342 e. The minimum Gasteiger partial charge on any atom is -0.477 e. The number of carbonyl (C=O) groups is 2. The van der Waals surface area contributed by atoms with E-state index in [1.54, 1.807) is 6.92 Å². The third-order valence-corrected chi connectivity index (χ3v) is 1.57. The standard InChI is InChI=1S/C9H14O5/c1-3-14-6(2)4-5-7(8(10)11)9(12)13/h5-6H,3-4H2,1-2H3,(H,10,11)(H,12,13). The van der Waals surface area contributed by atoms with Gasteiger partial charge in [0, 0.05) is 6.61 Å². The summed E-state index contributed by atoms with van der Waals surface area (Å²) in [7, 11) is 0. The fraction of sp³-hybridized carbons (Fsp3) is 0.556. The fourth-order valence-corrected chi connectivity index (χ4v) is 0.902. The summed E-state index contributed by atoms with van der Waals surface area (Å²) in [5, 5.41) is 17.0. The molecule has 14 heavy (non-hydrogen) atoms. The number of hydrogen-bond donors (Lipinski definition) is 2. The maximum absolute atomic E-state index is 10.4. The number of carboxylic acids is 2. The Hall–Kier alpha value is -1.36. The first-order valence-corrected chi connectivity index (χ1v) is 4.27. The van der Waals surface area contributed by atoms with Gasteiger partial charge in [-0.05, 0) is 20.3 Å². The number of ether oxygens (including phenoxy) is 1. The molecule has 5 nitrogen and oxygen atoms in total. The molecule has 80 valence electrons. The predicted molar refractivity (Wildman–Crippen MR) is 49.1 cm³/mol. The van der Waals surface area contributed by atoms with E-state index in [0.29, 0.717) is 6.61 Å². The minimum absolute atomic E-state index is 0.173. The summed E-state index contributed by atoms with van der Waals surface area (Å²) in [6, 6.07) is 0. The first-order chi connectivity index (χ1) is 6.49. The van der Waals surface area contributed by atoms with Crippen LogP contribution < -0.4 is 0 Å². The van der Waals surface area contributed by atoms with E-state index in [1.165, 1.54) is 0 Å². The highest BCUT2D eigenvalue weighted by Crippen LogP contribution is 2.03. The van der Waals surface area contributed by atoms with Crippen LogP contribution in [0.4, 0.5) is 0 Å². The highest BCUT2D eigenvalue weighted by atomic mass is 16.5. The smallest absolute Gasteiger partial charge is 0.342 e. The van der Waals surface area contributed by atoms with Crippen molar-refractivity contribution < 1.29 is 24.5 Å². The van der Waals surface area contributed by atoms with Gasteiger partial charge in [-0.3, -0.25) is 0 Å². The van der Waals surface area contributed by atoms with Gasteiger partial charge in [0.2, 0.25) is 0 Å². The predicted octanol–water partition coefficient (Wildman–Crippen LogP) is 0.897. The molecule has 0 fully saturated rings. The van der Waals surface area contributed by atoms with E-state index in [1.807, 2.05) is 6.92 Å². The molecule has 0 aliphatic carbocycles. The fourth-order valence-electron chi connectivity index (χ4n) is 0.902. The summed E-state index contributed by atoms with van der Waals surface area (Å²) in [6.45, 7) is 4.08. The van der Waals surface area contributed by atoms with E-state index in [4.69, 9.17) is 14.9 Å². The normalized spacial score (nSPS) is 11.9. The first kappa shape index (κ1) is 12.6. The van der Waals surface area contributed by atoms with Crippen LogP contribution in [0.5, 0.6) is 0 Å². The second-order valence-corrected chi connectivity index (χ2v) is 2.73. The van der Waals surface area contributed by atoms with Gasteiger partial charge in [0.1, 0.15) is 5.57 Å². The van der Waals surface area contributed by atoms with Gasteiger partial charge in [-0.25, -0.2) is 9.59 Å². The molecule has 0 aromatic rings. The molecule has 2 N–H and O–H groups in total. The molecule has 0 amide bonds. The van der Waals surface area contributed by atoms with Gasteiger partial charge >= 0.3 is 11.9 Å². The molecule has 0 aliphatic rings. The minimum atomic E-state index is -1.43. The molecule has 0 saturated heterocycles. The van der Waals surface area contributed by atoms with Crippen molar-refractivity contribution in [3.63, 3.8) is 0 Å². The molecule has 0 saturated carbocycles. The van der Waals surface area contributed by atoms with E-state index < -0.39 is 17.5 Å². The van der Waals surface area contributed by atoms with Crippen molar-refractivity contribution in [3.05, 3.63) is 11.6 Å². The van der Waals surface area contributed by atoms with Gasteiger partial charge in [-0.1, -0.05) is 6.08 Å². The topological polar surface area (TPSA) is 83.8 Å². The van der Waals surface area contributed by atoms with Crippen molar-refractivity contribution in [1.82, 2.24) is 0 Å². The third-order valence-electron chi connectivity index (χ3n) is 1.57. The van der Waals surface area contributed by atoms with E-state index in [0.717, 1.165) is 6.08 Å². The average Bonchev–Trinajstić information content (AvgIpc) is 2.03. The maximum atomic E-state index is 10.4. The molecule has 0 radical (unpaired) electrons. The van der Waals surface area contributed by atoms with Crippen LogP contribution in [0.2, 0.25) is 0 Å². The summed E-state index contributed by atoms with van der Waals surface area (Å²) in [5.74, 6) is -2.86. The SMILES string of the molecule is CCOC(C)CC=C(C(=O)O)C(=O)O. The highest BCUT2D eigenvalue weighted by Gasteiger charge is 2.15. The molecule has 0 aromatic heterocycles. The monoisotopic (exact) mass is 202 g/mol. The van der Waals surface area contributed by atoms with Gasteiger partial charge in [0.15, 0.2) is 0 Å². The van der Waals surface area contributed by atoms with E-state index >= 15 is 0 Å². The van der Waals surface area contributed by atoms with E-state index in [-0.39, 0.29) is 12.5 Å². The Balaban J connectivity index is 4.30. The Morgan fingerprint density at radius 1 is 1.36 bits per heavy atom. The summed E-state index contributed by atoms with van der Waals surface area (Å²) in [5.41, 5.74) is -0.614. The lowest BCUT2D eigenvalue weighted by atomic mass is 10.2. The van der Waals surface area contributed by atoms with Crippen molar-refractivity contribution in [2.45, 2.75) is 26.4 Å². The van der Waals surface area contributed by atoms with Gasteiger partial charge in [-0.2, -0.15) is 0 Å². The zero-order valence-electron chi connectivity index (χ0n) is 8.19. The van der Waals surface area contributed by atoms with Crippen LogP contribution in [0, 0.1) is 0 Å². The van der Waals surface area contributed by atoms with Crippen LogP contribution in [-0.4, -0.2) is 34.9 Å². The molecular weight excluding hydrogens is 188 g/mol. The molecule has 1 unspecified atom stereocenters. The van der Waals surface area contributed by atoms with Crippen molar-refractivity contribution in [1.29, 1.82) is 0 Å². The van der Waals surface area contributed by atoms with Gasteiger partial charge in [0.05, 0.1) is 6.10 Å². The van der Waals surface area contributed by atoms with Gasteiger partial charge < -0.3 is 14.9 Å². The molecule has 0 heterocycles. The van der Waals surface area contributed by atoms with E-state index in [9.17, 15) is 9.59 Å². The molecule has 0 rings (SSSR count). The molecule has 1 atom stereocenters. The van der Waals surface area contributed by atoms with Crippen molar-refractivity contribution in [2.75, 3.05) is 6.61 Å². The first-order valence-electron chi connectivity index (χ1n) is 4.27. The molecule has 0 spiro atoms. The Kier molecular flexibility index (Phi) is 5.55. The number of carboxylic acid groups (broad SMARTS) is 2. The second-order valence-electron chi connectivity index (χ2n) is 2.73. The van der Waals surface area contributed by atoms with Crippen LogP contribution in [0.3, 0.4) is 0 Å². The zero-order chi connectivity index (χ0) is 11.1. The average molecular weight is 202 g/mol. The molecule has 0 aromatic carbocycles. The van der Waals surface area contributed by atoms with Crippen molar-refractivity contribution in [2.24, 2.45) is 0 Å². The van der Waals surface area contributed by atoms with Crippen molar-refractivity contribution >= 4 is 11.9 Å². The van der Waals surface area contributed by atoms with Crippen molar-refractivity contribution in [3.8, 4) is 0 Å². The van der Waals surface area contributed by atoms with Crippen LogP contribution in [0.25, 0.3) is 0 Å². The second kappa shape index (κ2) is 6.15. The number of rotatable bonds is 6. The Morgan fingerprint density at radius 2 is 1.86 bits per heavy atom. The lowest BCUT2D eigenvalue weighted by Gasteiger charge is -2.08. The molecule has 0 bridgehead atoms. The third kappa shape index (κ3) is 4.61. The van der Waals surface area contributed by atoms with Crippen LogP contribution >= 0.6 is 0 Å². The van der Waals surface area contributed by atoms with Crippen LogP contribution in [-0.2, 0) is 14.3 Å². The van der Waals surface area contributed by atoms with Crippen LogP contribution in [0.1, 0.15) is 20.3 Å². The lowest BCUT2D eigenvalue weighted by Crippen LogP contribution is -2.13. The van der Waals surface area contributed by atoms with Crippen LogP contribution in [0.15, 0.2) is 11.6 Å². The molecule has 5 heteroatoms. The highest BCUT2D eigenvalue weighted by molar-refractivity contribution is 6.12. The Morgan fingerprint density at radius 3 is 2.21 bits per heavy atom. The summed E-state index contributed by atoms with van der Waals surface area (Å²) >= 11 is 0. The van der Waals surface area contributed by atoms with E-state index in [2.05, 4.69) is 0 Å². The largest absolute Gasteiger partial charge is 0.477 e. The summed E-state index contributed by atoms with van der Waals surface area (Å²) < 4.78 is 5.12. The summed E-state index contributed by atoms with van der Waals surface area (Å²) in [4.78, 5) is 20.8. The summed E-state index contributed by atoms with van der Waals surface area (Å²) in [6.07, 6.45) is 1.26. The molecule has 0 aliphatic heterocycles. The quantitative estimate of drug-likeness (QED) is 0.379. The number of aliphatic carboxylic acids is 2. The van der Waals surface area contributed by atoms with Gasteiger partial charge in [0.25, 0.3) is 0 Å².